The second kappa shape index (κ2) is 7.71. The van der Waals surface area contributed by atoms with Gasteiger partial charge in [0.25, 0.3) is 0 Å². The van der Waals surface area contributed by atoms with E-state index < -0.39 is 0 Å². The molecule has 0 heterocycles. The van der Waals surface area contributed by atoms with Gasteiger partial charge in [0.1, 0.15) is 5.75 Å². The zero-order valence-electron chi connectivity index (χ0n) is 11.1. The van der Waals surface area contributed by atoms with Crippen molar-refractivity contribution in [3.05, 3.63) is 29.8 Å². The molecule has 0 aliphatic rings. The van der Waals surface area contributed by atoms with E-state index in [1.54, 1.807) is 0 Å². The fourth-order valence-electron chi connectivity index (χ4n) is 1.66. The van der Waals surface area contributed by atoms with Gasteiger partial charge in [-0.25, -0.2) is 0 Å². The Balaban J connectivity index is 2.50. The van der Waals surface area contributed by atoms with E-state index in [2.05, 4.69) is 5.32 Å². The minimum absolute atomic E-state index is 0.0271. The summed E-state index contributed by atoms with van der Waals surface area (Å²) in [7, 11) is 0. The monoisotopic (exact) mass is 250 g/mol. The van der Waals surface area contributed by atoms with Crippen LogP contribution in [-0.2, 0) is 11.2 Å². The molecule has 1 atom stereocenters. The highest BCUT2D eigenvalue weighted by Crippen LogP contribution is 2.19. The number of hydrogen-bond acceptors (Lipinski definition) is 3. The maximum Gasteiger partial charge on any atom is 0.220 e. The number of ether oxygens (including phenoxy) is 1. The zero-order chi connectivity index (χ0) is 13.4. The van der Waals surface area contributed by atoms with Crippen molar-refractivity contribution < 1.29 is 9.53 Å². The van der Waals surface area contributed by atoms with Crippen molar-refractivity contribution in [2.24, 2.45) is 5.73 Å². The average molecular weight is 250 g/mol. The van der Waals surface area contributed by atoms with Crippen molar-refractivity contribution in [1.29, 1.82) is 0 Å². The fraction of sp³-hybridized carbons (Fsp3) is 0.500. The summed E-state index contributed by atoms with van der Waals surface area (Å²) in [5, 5.41) is 2.85. The highest BCUT2D eigenvalue weighted by Gasteiger charge is 2.08. The average Bonchev–Trinajstić information content (AvgIpc) is 2.38. The van der Waals surface area contributed by atoms with E-state index in [9.17, 15) is 4.79 Å². The van der Waals surface area contributed by atoms with Crippen molar-refractivity contribution in [1.82, 2.24) is 5.32 Å². The number of hydrogen-bond donors (Lipinski definition) is 2. The predicted molar refractivity (Wildman–Crippen MR) is 72.6 cm³/mol. The molecular weight excluding hydrogens is 228 g/mol. The van der Waals surface area contributed by atoms with Gasteiger partial charge in [0.15, 0.2) is 0 Å². The maximum atomic E-state index is 11.6. The largest absolute Gasteiger partial charge is 0.494 e. The smallest absolute Gasteiger partial charge is 0.220 e. The Bertz CT molecular complexity index is 380. The van der Waals surface area contributed by atoms with Crippen LogP contribution in [0.1, 0.15) is 25.8 Å². The highest BCUT2D eigenvalue weighted by atomic mass is 16.5. The first-order chi connectivity index (χ1) is 8.67. The summed E-state index contributed by atoms with van der Waals surface area (Å²) in [5.41, 5.74) is 6.52. The fourth-order valence-corrected chi connectivity index (χ4v) is 1.66. The van der Waals surface area contributed by atoms with E-state index in [-0.39, 0.29) is 11.9 Å². The van der Waals surface area contributed by atoms with Crippen molar-refractivity contribution >= 4 is 5.91 Å². The van der Waals surface area contributed by atoms with E-state index >= 15 is 0 Å². The van der Waals surface area contributed by atoms with Crippen LogP contribution >= 0.6 is 0 Å². The van der Waals surface area contributed by atoms with Crippen molar-refractivity contribution in [2.45, 2.75) is 32.7 Å². The lowest BCUT2D eigenvalue weighted by molar-refractivity contribution is -0.121. The second-order valence-electron chi connectivity index (χ2n) is 4.24. The van der Waals surface area contributed by atoms with Gasteiger partial charge < -0.3 is 15.8 Å². The molecular formula is C14H22N2O2. The maximum absolute atomic E-state index is 11.6. The topological polar surface area (TPSA) is 64.3 Å². The molecule has 1 rings (SSSR count). The number of carbonyl (C=O) groups is 1. The molecule has 0 aliphatic carbocycles. The number of nitrogens with one attached hydrogen (secondary N) is 1. The lowest BCUT2D eigenvalue weighted by atomic mass is 10.1. The zero-order valence-corrected chi connectivity index (χ0v) is 11.1. The first kappa shape index (κ1) is 14.5. The molecule has 3 N–H and O–H groups in total. The molecule has 1 amide bonds. The molecule has 0 fully saturated rings. The predicted octanol–water partition coefficient (Wildman–Crippen LogP) is 1.48. The molecule has 0 saturated heterocycles. The van der Waals surface area contributed by atoms with E-state index in [1.165, 1.54) is 0 Å². The third-order valence-corrected chi connectivity index (χ3v) is 2.65. The Kier molecular flexibility index (Phi) is 6.22. The molecule has 1 aromatic rings. The quantitative estimate of drug-likeness (QED) is 0.770. The summed E-state index contributed by atoms with van der Waals surface area (Å²) in [6.45, 7) is 4.94. The van der Waals surface area contributed by atoms with E-state index in [0.29, 0.717) is 26.0 Å². The summed E-state index contributed by atoms with van der Waals surface area (Å²) in [6, 6.07) is 7.84. The van der Waals surface area contributed by atoms with E-state index in [1.807, 2.05) is 38.1 Å². The molecule has 0 aliphatic heterocycles. The van der Waals surface area contributed by atoms with Crippen LogP contribution in [0.3, 0.4) is 0 Å². The Labute approximate surface area is 109 Å². The first-order valence-corrected chi connectivity index (χ1v) is 6.37. The molecule has 1 aromatic carbocycles. The van der Waals surface area contributed by atoms with Crippen LogP contribution in [0.5, 0.6) is 5.75 Å². The standard InChI is InChI=1S/C14H22N2O2/c1-3-18-13-7-5-4-6-12(13)8-9-14(17)16-11(2)10-15/h4-7,11H,3,8-10,15H2,1-2H3,(H,16,17). The summed E-state index contributed by atoms with van der Waals surface area (Å²) in [5.74, 6) is 0.888. The molecule has 0 spiro atoms. The summed E-state index contributed by atoms with van der Waals surface area (Å²) in [6.07, 6.45) is 1.13. The number of carbonyl (C=O) groups excluding carboxylic acids is 1. The van der Waals surface area contributed by atoms with Crippen molar-refractivity contribution in [3.8, 4) is 5.75 Å². The van der Waals surface area contributed by atoms with E-state index in [0.717, 1.165) is 11.3 Å². The third kappa shape index (κ3) is 4.75. The van der Waals surface area contributed by atoms with Crippen LogP contribution in [0.2, 0.25) is 0 Å². The molecule has 4 heteroatoms. The number of rotatable bonds is 7. The molecule has 4 nitrogen and oxygen atoms in total. The molecule has 0 bridgehead atoms. The number of nitrogens with two attached hydrogens (primary N) is 1. The number of aryl methyl sites for hydroxylation is 1. The number of para-hydroxylation sites is 1. The molecule has 0 aromatic heterocycles. The van der Waals surface area contributed by atoms with Gasteiger partial charge in [0, 0.05) is 19.0 Å². The van der Waals surface area contributed by atoms with Crippen LogP contribution in [0, 0.1) is 0 Å². The molecule has 1 unspecified atom stereocenters. The second-order valence-corrected chi connectivity index (χ2v) is 4.24. The summed E-state index contributed by atoms with van der Waals surface area (Å²) in [4.78, 5) is 11.6. The number of amides is 1. The Morgan fingerprint density at radius 3 is 2.83 bits per heavy atom. The van der Waals surface area contributed by atoms with Crippen LogP contribution in [0.15, 0.2) is 24.3 Å². The molecule has 0 radical (unpaired) electrons. The molecule has 0 saturated carbocycles. The summed E-state index contributed by atoms with van der Waals surface area (Å²) >= 11 is 0. The normalized spacial score (nSPS) is 11.9. The Hall–Kier alpha value is -1.55. The van der Waals surface area contributed by atoms with Gasteiger partial charge in [-0.05, 0) is 31.9 Å². The SMILES string of the molecule is CCOc1ccccc1CCC(=O)NC(C)CN. The third-order valence-electron chi connectivity index (χ3n) is 2.65. The summed E-state index contributed by atoms with van der Waals surface area (Å²) < 4.78 is 5.52. The van der Waals surface area contributed by atoms with E-state index in [4.69, 9.17) is 10.5 Å². The number of benzene rings is 1. The minimum atomic E-state index is 0.0271. The van der Waals surface area contributed by atoms with Gasteiger partial charge in [0.2, 0.25) is 5.91 Å². The Morgan fingerprint density at radius 2 is 2.17 bits per heavy atom. The highest BCUT2D eigenvalue weighted by molar-refractivity contribution is 5.76. The van der Waals surface area contributed by atoms with Gasteiger partial charge in [0.05, 0.1) is 6.61 Å². The Morgan fingerprint density at radius 1 is 1.44 bits per heavy atom. The lowest BCUT2D eigenvalue weighted by Crippen LogP contribution is -2.37. The van der Waals surface area contributed by atoms with Gasteiger partial charge in [-0.2, -0.15) is 0 Å². The van der Waals surface area contributed by atoms with Gasteiger partial charge in [-0.15, -0.1) is 0 Å². The minimum Gasteiger partial charge on any atom is -0.494 e. The molecule has 100 valence electrons. The first-order valence-electron chi connectivity index (χ1n) is 6.37. The van der Waals surface area contributed by atoms with Gasteiger partial charge in [-0.3, -0.25) is 4.79 Å². The molecule has 18 heavy (non-hydrogen) atoms. The van der Waals surface area contributed by atoms with Gasteiger partial charge in [-0.1, -0.05) is 18.2 Å². The van der Waals surface area contributed by atoms with Gasteiger partial charge >= 0.3 is 0 Å². The van der Waals surface area contributed by atoms with Crippen LogP contribution in [0.4, 0.5) is 0 Å². The van der Waals surface area contributed by atoms with Crippen LogP contribution in [0.25, 0.3) is 0 Å². The van der Waals surface area contributed by atoms with Crippen molar-refractivity contribution in [3.63, 3.8) is 0 Å². The van der Waals surface area contributed by atoms with Crippen LogP contribution in [-0.4, -0.2) is 25.1 Å². The van der Waals surface area contributed by atoms with Crippen LogP contribution < -0.4 is 15.8 Å². The lowest BCUT2D eigenvalue weighted by Gasteiger charge is -2.12. The van der Waals surface area contributed by atoms with Crippen molar-refractivity contribution in [2.75, 3.05) is 13.2 Å².